The van der Waals surface area contributed by atoms with E-state index in [4.69, 9.17) is 4.74 Å². The van der Waals surface area contributed by atoms with Gasteiger partial charge in [-0.25, -0.2) is 13.2 Å². The largest absolute Gasteiger partial charge is 0.388 e. The van der Waals surface area contributed by atoms with Crippen LogP contribution in [0.2, 0.25) is 0 Å². The number of benzene rings is 2. The van der Waals surface area contributed by atoms with E-state index in [0.717, 1.165) is 37.7 Å². The van der Waals surface area contributed by atoms with Crippen LogP contribution in [-0.2, 0) is 4.74 Å². The maximum atomic E-state index is 14.6. The average molecular weight is 404 g/mol. The van der Waals surface area contributed by atoms with Crippen LogP contribution >= 0.6 is 0 Å². The summed E-state index contributed by atoms with van der Waals surface area (Å²) in [7, 11) is 0. The Hall–Kier alpha value is -1.85. The molecule has 0 aromatic heterocycles. The molecule has 0 spiro atoms. The minimum Gasteiger partial charge on any atom is -0.388 e. The van der Waals surface area contributed by atoms with Gasteiger partial charge < -0.3 is 9.84 Å². The molecule has 2 aromatic rings. The molecule has 1 aliphatic heterocycles. The van der Waals surface area contributed by atoms with Crippen LogP contribution < -0.4 is 0 Å². The number of halogens is 3. The number of hydrogen-bond donors (Lipinski definition) is 1. The fourth-order valence-corrected chi connectivity index (χ4v) is 4.61. The standard InChI is InChI=1S/C24H27F3O2/c1-2-3-21(28)18-9-8-16(12-20(18)25)14-4-6-15(7-5-14)17-10-11-19(22-13-29-22)24(27)23(17)26/h8-12,14-15,21-22,28H,2-7,13H2,1H3. The second-order valence-electron chi connectivity index (χ2n) is 8.33. The van der Waals surface area contributed by atoms with Gasteiger partial charge >= 0.3 is 0 Å². The highest BCUT2D eigenvalue weighted by Crippen LogP contribution is 2.43. The molecule has 1 heterocycles. The predicted octanol–water partition coefficient (Wildman–Crippen LogP) is 6.45. The molecule has 1 saturated carbocycles. The molecule has 29 heavy (non-hydrogen) atoms. The molecule has 2 atom stereocenters. The van der Waals surface area contributed by atoms with Crippen molar-refractivity contribution in [3.05, 3.63) is 70.0 Å². The molecule has 2 fully saturated rings. The van der Waals surface area contributed by atoms with E-state index in [-0.39, 0.29) is 23.8 Å². The normalized spacial score (nSPS) is 25.1. The number of aliphatic hydroxyl groups is 1. The van der Waals surface area contributed by atoms with Crippen molar-refractivity contribution in [2.75, 3.05) is 6.61 Å². The van der Waals surface area contributed by atoms with Crippen molar-refractivity contribution in [2.45, 2.75) is 69.5 Å². The van der Waals surface area contributed by atoms with Gasteiger partial charge in [0.15, 0.2) is 11.6 Å². The summed E-state index contributed by atoms with van der Waals surface area (Å²) < 4.78 is 48.5. The zero-order valence-corrected chi connectivity index (χ0v) is 16.6. The first-order valence-corrected chi connectivity index (χ1v) is 10.6. The summed E-state index contributed by atoms with van der Waals surface area (Å²) >= 11 is 0. The Bertz CT molecular complexity index is 871. The van der Waals surface area contributed by atoms with E-state index >= 15 is 0 Å². The Balaban J connectivity index is 1.43. The predicted molar refractivity (Wildman–Crippen MR) is 105 cm³/mol. The van der Waals surface area contributed by atoms with Gasteiger partial charge in [0, 0.05) is 11.1 Å². The first-order chi connectivity index (χ1) is 14.0. The molecule has 1 saturated heterocycles. The van der Waals surface area contributed by atoms with Crippen molar-refractivity contribution >= 4 is 0 Å². The Morgan fingerprint density at radius 2 is 1.59 bits per heavy atom. The second-order valence-corrected chi connectivity index (χ2v) is 8.33. The number of ether oxygens (including phenoxy) is 1. The van der Waals surface area contributed by atoms with E-state index in [0.29, 0.717) is 29.7 Å². The molecule has 156 valence electrons. The van der Waals surface area contributed by atoms with Crippen molar-refractivity contribution in [3.63, 3.8) is 0 Å². The Kier molecular flexibility index (Phi) is 5.98. The van der Waals surface area contributed by atoms with Crippen molar-refractivity contribution in [2.24, 2.45) is 0 Å². The van der Waals surface area contributed by atoms with Crippen LogP contribution in [0.15, 0.2) is 30.3 Å². The Labute approximate surface area is 169 Å². The molecular weight excluding hydrogens is 377 g/mol. The van der Waals surface area contributed by atoms with Gasteiger partial charge in [-0.3, -0.25) is 0 Å². The smallest absolute Gasteiger partial charge is 0.165 e. The quantitative estimate of drug-likeness (QED) is 0.561. The lowest BCUT2D eigenvalue weighted by Gasteiger charge is -2.30. The van der Waals surface area contributed by atoms with Gasteiger partial charge in [-0.15, -0.1) is 0 Å². The van der Waals surface area contributed by atoms with Crippen molar-refractivity contribution < 1.29 is 23.0 Å². The summed E-state index contributed by atoms with van der Waals surface area (Å²) in [6, 6.07) is 8.46. The van der Waals surface area contributed by atoms with E-state index in [2.05, 4.69) is 0 Å². The monoisotopic (exact) mass is 404 g/mol. The third-order valence-corrected chi connectivity index (χ3v) is 6.41. The molecule has 2 aliphatic rings. The summed E-state index contributed by atoms with van der Waals surface area (Å²) in [5.41, 5.74) is 2.01. The van der Waals surface area contributed by atoms with Gasteiger partial charge in [-0.2, -0.15) is 0 Å². The van der Waals surface area contributed by atoms with Gasteiger partial charge in [0.25, 0.3) is 0 Å². The molecule has 1 N–H and O–H groups in total. The topological polar surface area (TPSA) is 32.8 Å². The summed E-state index contributed by atoms with van der Waals surface area (Å²) in [6.07, 6.45) is 3.33. The zero-order valence-electron chi connectivity index (χ0n) is 16.6. The van der Waals surface area contributed by atoms with Crippen LogP contribution in [0, 0.1) is 17.5 Å². The van der Waals surface area contributed by atoms with E-state index < -0.39 is 17.7 Å². The highest BCUT2D eigenvalue weighted by molar-refractivity contribution is 5.33. The Morgan fingerprint density at radius 1 is 0.966 bits per heavy atom. The second kappa shape index (κ2) is 8.49. The number of hydrogen-bond acceptors (Lipinski definition) is 2. The van der Waals surface area contributed by atoms with Crippen LogP contribution in [0.4, 0.5) is 13.2 Å². The fourth-order valence-electron chi connectivity index (χ4n) is 4.61. The van der Waals surface area contributed by atoms with E-state index in [1.165, 1.54) is 6.07 Å². The molecule has 0 amide bonds. The maximum Gasteiger partial charge on any atom is 0.165 e. The lowest BCUT2D eigenvalue weighted by atomic mass is 9.75. The van der Waals surface area contributed by atoms with Crippen LogP contribution in [0.3, 0.4) is 0 Å². The third-order valence-electron chi connectivity index (χ3n) is 6.41. The van der Waals surface area contributed by atoms with Crippen molar-refractivity contribution in [1.29, 1.82) is 0 Å². The number of aliphatic hydroxyl groups excluding tert-OH is 1. The van der Waals surface area contributed by atoms with Gasteiger partial charge in [0.05, 0.1) is 12.7 Å². The molecule has 1 aliphatic carbocycles. The SMILES string of the molecule is CCCC(O)c1ccc(C2CCC(c3ccc(C4CO4)c(F)c3F)CC2)cc1F. The van der Waals surface area contributed by atoms with Gasteiger partial charge in [-0.1, -0.05) is 37.6 Å². The highest BCUT2D eigenvalue weighted by atomic mass is 19.2. The van der Waals surface area contributed by atoms with Crippen LogP contribution in [0.1, 0.15) is 91.7 Å². The fraction of sp³-hybridized carbons (Fsp3) is 0.500. The Morgan fingerprint density at radius 3 is 2.21 bits per heavy atom. The highest BCUT2D eigenvalue weighted by Gasteiger charge is 2.32. The van der Waals surface area contributed by atoms with Gasteiger partial charge in [0.1, 0.15) is 11.9 Å². The van der Waals surface area contributed by atoms with Crippen LogP contribution in [0.25, 0.3) is 0 Å². The summed E-state index contributed by atoms with van der Waals surface area (Å²) in [6.45, 7) is 2.40. The average Bonchev–Trinajstić information content (AvgIpc) is 3.55. The molecule has 2 aromatic carbocycles. The zero-order chi connectivity index (χ0) is 20.5. The summed E-state index contributed by atoms with van der Waals surface area (Å²) in [5.74, 6) is -1.72. The minimum absolute atomic E-state index is 0.0228. The molecule has 0 radical (unpaired) electrons. The van der Waals surface area contributed by atoms with Crippen LogP contribution in [-0.4, -0.2) is 11.7 Å². The van der Waals surface area contributed by atoms with E-state index in [1.54, 1.807) is 18.2 Å². The van der Waals surface area contributed by atoms with Gasteiger partial charge in [0.2, 0.25) is 0 Å². The minimum atomic E-state index is -0.782. The third kappa shape index (κ3) is 4.22. The molecule has 5 heteroatoms. The molecule has 4 rings (SSSR count). The van der Waals surface area contributed by atoms with Crippen molar-refractivity contribution in [3.8, 4) is 0 Å². The first kappa shape index (κ1) is 20.4. The lowest BCUT2D eigenvalue weighted by Crippen LogP contribution is -2.14. The lowest BCUT2D eigenvalue weighted by molar-refractivity contribution is 0.162. The van der Waals surface area contributed by atoms with Crippen LogP contribution in [0.5, 0.6) is 0 Å². The van der Waals surface area contributed by atoms with E-state index in [1.807, 2.05) is 13.0 Å². The molecular formula is C24H27F3O2. The summed E-state index contributed by atoms with van der Waals surface area (Å²) in [4.78, 5) is 0. The molecule has 2 unspecified atom stereocenters. The first-order valence-electron chi connectivity index (χ1n) is 10.6. The number of rotatable bonds is 6. The number of epoxide rings is 1. The summed E-state index contributed by atoms with van der Waals surface area (Å²) in [5, 5.41) is 10.1. The van der Waals surface area contributed by atoms with Crippen molar-refractivity contribution in [1.82, 2.24) is 0 Å². The molecule has 2 nitrogen and oxygen atoms in total. The maximum absolute atomic E-state index is 14.6. The van der Waals surface area contributed by atoms with Gasteiger partial charge in [-0.05, 0) is 61.1 Å². The molecule has 0 bridgehead atoms. The van der Waals surface area contributed by atoms with E-state index in [9.17, 15) is 18.3 Å².